The molecule has 0 aliphatic carbocycles. The first-order valence-electron chi connectivity index (χ1n) is 34.2. The third-order valence-corrected chi connectivity index (χ3v) is 16.2. The van der Waals surface area contributed by atoms with Crippen molar-refractivity contribution in [3.63, 3.8) is 0 Å². The van der Waals surface area contributed by atoms with Crippen molar-refractivity contribution in [1.29, 1.82) is 0 Å². The summed E-state index contributed by atoms with van der Waals surface area (Å²) in [5.74, 6) is -0.711. The number of rotatable bonds is 59. The van der Waals surface area contributed by atoms with Crippen LogP contribution in [0.15, 0.2) is 60.8 Å². The number of aliphatic hydroxyl groups excluding tert-OH is 7. The lowest BCUT2D eigenvalue weighted by Crippen LogP contribution is -2.60. The quantitative estimate of drug-likeness (QED) is 0.0215. The Kier molecular flexibility index (Phi) is 55.2. The third kappa shape index (κ3) is 45.8. The topological polar surface area (TPSA) is 189 Å². The number of hydrogen-bond acceptors (Lipinski definition) is 10. The molecule has 0 aromatic heterocycles. The molecular formula is C70H129NO10. The summed E-state index contributed by atoms with van der Waals surface area (Å²) in [6.45, 7) is 3.45. The van der Waals surface area contributed by atoms with Crippen molar-refractivity contribution < 1.29 is 50.0 Å². The second kappa shape index (κ2) is 58.2. The predicted molar refractivity (Wildman–Crippen MR) is 339 cm³/mol. The zero-order valence-corrected chi connectivity index (χ0v) is 52.3. The van der Waals surface area contributed by atoms with Gasteiger partial charge in [0.25, 0.3) is 0 Å². The molecule has 1 aliphatic heterocycles. The first-order chi connectivity index (χ1) is 39.7. The molecule has 11 nitrogen and oxygen atoms in total. The van der Waals surface area contributed by atoms with Crippen molar-refractivity contribution in [2.45, 2.75) is 364 Å². The van der Waals surface area contributed by atoms with Gasteiger partial charge in [0.1, 0.15) is 36.6 Å². The third-order valence-electron chi connectivity index (χ3n) is 16.2. The maximum absolute atomic E-state index is 13.2. The number of hydrogen-bond donors (Lipinski definition) is 8. The van der Waals surface area contributed by atoms with Gasteiger partial charge in [-0.05, 0) is 96.3 Å². The largest absolute Gasteiger partial charge is 0.394 e. The van der Waals surface area contributed by atoms with Crippen molar-refractivity contribution in [2.75, 3.05) is 13.2 Å². The summed E-state index contributed by atoms with van der Waals surface area (Å²) in [6, 6.07) is -1.20. The normalized spacial score (nSPS) is 19.5. The van der Waals surface area contributed by atoms with Crippen LogP contribution in [0.1, 0.15) is 309 Å². The summed E-state index contributed by atoms with van der Waals surface area (Å²) >= 11 is 0. The Hall–Kier alpha value is -2.19. The Bertz CT molecular complexity index is 1500. The number of carbonyl (C=O) groups excluding carboxylic acids is 1. The van der Waals surface area contributed by atoms with Gasteiger partial charge in [-0.2, -0.15) is 0 Å². The molecule has 474 valence electrons. The van der Waals surface area contributed by atoms with Gasteiger partial charge in [-0.3, -0.25) is 4.79 Å². The van der Waals surface area contributed by atoms with Gasteiger partial charge in [0.15, 0.2) is 6.29 Å². The summed E-state index contributed by atoms with van der Waals surface area (Å²) in [4.78, 5) is 13.2. The van der Waals surface area contributed by atoms with Gasteiger partial charge in [-0.1, -0.05) is 274 Å². The summed E-state index contributed by atoms with van der Waals surface area (Å²) in [5, 5.41) is 76.3. The number of unbranched alkanes of at least 4 members (excludes halogenated alkanes) is 37. The minimum absolute atomic E-state index is 0.240. The van der Waals surface area contributed by atoms with E-state index in [0.29, 0.717) is 19.3 Å². The van der Waals surface area contributed by atoms with E-state index in [4.69, 9.17) is 9.47 Å². The van der Waals surface area contributed by atoms with E-state index in [9.17, 15) is 40.5 Å². The molecule has 11 heteroatoms. The fraction of sp³-hybridized carbons (Fsp3) is 0.843. The molecular weight excluding hydrogens is 1010 g/mol. The minimum Gasteiger partial charge on any atom is -0.394 e. The molecule has 0 radical (unpaired) electrons. The predicted octanol–water partition coefficient (Wildman–Crippen LogP) is 16.1. The van der Waals surface area contributed by atoms with Gasteiger partial charge in [-0.15, -0.1) is 0 Å². The minimum atomic E-state index is -1.68. The van der Waals surface area contributed by atoms with E-state index in [2.05, 4.69) is 79.9 Å². The number of allylic oxidation sites excluding steroid dienone is 10. The van der Waals surface area contributed by atoms with E-state index in [1.165, 1.54) is 212 Å². The molecule has 0 bridgehead atoms. The highest BCUT2D eigenvalue weighted by Gasteiger charge is 2.44. The van der Waals surface area contributed by atoms with Crippen LogP contribution in [0.4, 0.5) is 0 Å². The Morgan fingerprint density at radius 3 is 1.17 bits per heavy atom. The van der Waals surface area contributed by atoms with Gasteiger partial charge in [-0.25, -0.2) is 0 Å². The van der Waals surface area contributed by atoms with Crippen LogP contribution in [0, 0.1) is 0 Å². The van der Waals surface area contributed by atoms with Gasteiger partial charge in [0.05, 0.1) is 25.4 Å². The summed E-state index contributed by atoms with van der Waals surface area (Å²) < 4.78 is 11.1. The number of amides is 1. The average molecular weight is 1140 g/mol. The van der Waals surface area contributed by atoms with E-state index in [0.717, 1.165) is 51.4 Å². The molecule has 81 heavy (non-hydrogen) atoms. The van der Waals surface area contributed by atoms with Crippen molar-refractivity contribution >= 4 is 5.91 Å². The lowest BCUT2D eigenvalue weighted by molar-refractivity contribution is -0.303. The molecule has 1 aliphatic rings. The Morgan fingerprint density at radius 2 is 0.778 bits per heavy atom. The molecule has 1 heterocycles. The maximum atomic E-state index is 13.2. The second-order valence-corrected chi connectivity index (χ2v) is 23.9. The SMILES string of the molecule is CCCCCCC/C=C/CC/C=C/CC/C=C/CCCC(O)C(O)C(COC1OC(CO)C(O)C(O)C1O)NC(=O)C(O)CCCCCCCCCCCCCCCCCC/C=C\C/C=C\CCCCCCCCCCCCCCC. The molecule has 0 spiro atoms. The highest BCUT2D eigenvalue weighted by molar-refractivity contribution is 5.80. The van der Waals surface area contributed by atoms with E-state index in [1.807, 2.05) is 0 Å². The molecule has 1 saturated heterocycles. The summed E-state index contributed by atoms with van der Waals surface area (Å²) in [5.41, 5.74) is 0. The van der Waals surface area contributed by atoms with Gasteiger partial charge in [0.2, 0.25) is 5.91 Å². The number of aliphatic hydroxyl groups is 7. The van der Waals surface area contributed by atoms with Crippen molar-refractivity contribution in [2.24, 2.45) is 0 Å². The Morgan fingerprint density at radius 1 is 0.432 bits per heavy atom. The Labute approximate surface area is 497 Å². The molecule has 8 N–H and O–H groups in total. The van der Waals surface area contributed by atoms with E-state index in [1.54, 1.807) is 0 Å². The summed E-state index contributed by atoms with van der Waals surface area (Å²) in [6.07, 6.45) is 66.0. The molecule has 1 amide bonds. The van der Waals surface area contributed by atoms with Crippen LogP contribution in [-0.2, 0) is 14.3 Å². The number of nitrogens with one attached hydrogen (secondary N) is 1. The van der Waals surface area contributed by atoms with Crippen LogP contribution in [0.3, 0.4) is 0 Å². The van der Waals surface area contributed by atoms with Crippen LogP contribution in [-0.4, -0.2) is 110 Å². The van der Waals surface area contributed by atoms with Crippen LogP contribution in [0.25, 0.3) is 0 Å². The standard InChI is InChI=1S/C70H129NO10/c1-3-5-7-9-11-13-15-17-19-21-23-24-25-26-27-28-29-30-31-32-33-34-35-36-37-38-39-40-42-44-46-48-50-52-54-56-58-63(74)69(79)71-61(60-80-70-68(78)67(77)66(76)64(59-72)81-70)65(75)62(73)57-55-53-51-49-47-45-43-41-22-20-18-16-14-12-10-8-6-4-2/h16,18,27-28,30-31,41,43,49,51,61-68,70,72-78H,3-15,17,19-26,29,32-40,42,44-48,50,52-60H2,1-2H3,(H,71,79)/b18-16+,28-27-,31-30-,43-41+,51-49+. The smallest absolute Gasteiger partial charge is 0.249 e. The molecule has 9 unspecified atom stereocenters. The molecule has 0 aromatic carbocycles. The average Bonchev–Trinajstić information content (AvgIpc) is 3.49. The first kappa shape index (κ1) is 76.8. The van der Waals surface area contributed by atoms with Gasteiger partial charge < -0.3 is 50.5 Å². The van der Waals surface area contributed by atoms with Crippen molar-refractivity contribution in [3.05, 3.63) is 60.8 Å². The zero-order chi connectivity index (χ0) is 58.9. The van der Waals surface area contributed by atoms with Gasteiger partial charge >= 0.3 is 0 Å². The van der Waals surface area contributed by atoms with Crippen LogP contribution in [0.2, 0.25) is 0 Å². The van der Waals surface area contributed by atoms with Crippen LogP contribution < -0.4 is 5.32 Å². The lowest BCUT2D eigenvalue weighted by atomic mass is 9.98. The Balaban J connectivity index is 2.18. The van der Waals surface area contributed by atoms with E-state index < -0.39 is 74.2 Å². The lowest BCUT2D eigenvalue weighted by Gasteiger charge is -2.40. The molecule has 0 saturated carbocycles. The zero-order valence-electron chi connectivity index (χ0n) is 52.3. The highest BCUT2D eigenvalue weighted by Crippen LogP contribution is 2.24. The first-order valence-corrected chi connectivity index (χ1v) is 34.2. The maximum Gasteiger partial charge on any atom is 0.249 e. The number of carbonyl (C=O) groups is 1. The number of ether oxygens (including phenoxy) is 2. The summed E-state index contributed by atoms with van der Waals surface area (Å²) in [7, 11) is 0. The van der Waals surface area contributed by atoms with Crippen molar-refractivity contribution in [1.82, 2.24) is 5.32 Å². The molecule has 9 atom stereocenters. The van der Waals surface area contributed by atoms with Crippen LogP contribution in [0.5, 0.6) is 0 Å². The highest BCUT2D eigenvalue weighted by atomic mass is 16.7. The molecule has 1 fully saturated rings. The molecule has 0 aromatic rings. The fourth-order valence-electron chi connectivity index (χ4n) is 10.7. The second-order valence-electron chi connectivity index (χ2n) is 23.9. The molecule has 1 rings (SSSR count). The van der Waals surface area contributed by atoms with Gasteiger partial charge in [0, 0.05) is 0 Å². The monoisotopic (exact) mass is 1140 g/mol. The fourth-order valence-corrected chi connectivity index (χ4v) is 10.7. The van der Waals surface area contributed by atoms with E-state index >= 15 is 0 Å². The van der Waals surface area contributed by atoms with E-state index in [-0.39, 0.29) is 12.8 Å². The van der Waals surface area contributed by atoms with Crippen molar-refractivity contribution in [3.8, 4) is 0 Å². The van der Waals surface area contributed by atoms with Crippen LogP contribution >= 0.6 is 0 Å².